The van der Waals surface area contributed by atoms with Gasteiger partial charge in [0.2, 0.25) is 0 Å². The Kier molecular flexibility index (Phi) is 8.35. The highest BCUT2D eigenvalue weighted by Gasteiger charge is 2.44. The van der Waals surface area contributed by atoms with Gasteiger partial charge in [-0.3, -0.25) is 14.6 Å². The Morgan fingerprint density at radius 3 is 2.20 bits per heavy atom. The number of carbonyl (C=O) groups is 1. The van der Waals surface area contributed by atoms with E-state index in [-0.39, 0.29) is 17.9 Å². The molecule has 2 aliphatic heterocycles. The van der Waals surface area contributed by atoms with Crippen LogP contribution in [0.1, 0.15) is 42.0 Å². The van der Waals surface area contributed by atoms with Gasteiger partial charge >= 0.3 is 0 Å². The van der Waals surface area contributed by atoms with Crippen LogP contribution in [0.2, 0.25) is 10.0 Å². The van der Waals surface area contributed by atoms with Gasteiger partial charge in [0, 0.05) is 48.7 Å². The molecule has 0 bridgehead atoms. The number of amides is 1. The lowest BCUT2D eigenvalue weighted by Crippen LogP contribution is -2.49. The van der Waals surface area contributed by atoms with Crippen LogP contribution in [0.4, 0.5) is 0 Å². The third-order valence-electron chi connectivity index (χ3n) is 8.25. The molecule has 5 nitrogen and oxygen atoms in total. The largest absolute Gasteiger partial charge is 0.297 e. The van der Waals surface area contributed by atoms with Gasteiger partial charge in [-0.2, -0.15) is 5.10 Å². The molecule has 2 heterocycles. The number of nitrogens with zero attached hydrogens (tertiary/aromatic N) is 4. The number of piperazine rings is 1. The SMILES string of the molecule is O=C(CN1CCN(Cc2ccccc2)CC1)N1N=C2/C(=C\c3ccc(Cl)cc3)CCC[C@H]2[C@H]1c1ccc(Cl)cc1. The van der Waals surface area contributed by atoms with Crippen molar-refractivity contribution in [2.24, 2.45) is 11.0 Å². The van der Waals surface area contributed by atoms with Crippen molar-refractivity contribution in [3.05, 3.63) is 111 Å². The van der Waals surface area contributed by atoms with Crippen LogP contribution < -0.4 is 0 Å². The molecule has 1 aliphatic carbocycles. The molecule has 0 aromatic heterocycles. The summed E-state index contributed by atoms with van der Waals surface area (Å²) in [4.78, 5) is 18.6. The molecule has 1 saturated heterocycles. The highest BCUT2D eigenvalue weighted by Crippen LogP contribution is 2.44. The van der Waals surface area contributed by atoms with Crippen molar-refractivity contribution in [1.29, 1.82) is 0 Å². The van der Waals surface area contributed by atoms with E-state index in [2.05, 4.69) is 46.2 Å². The number of hydrogen-bond donors (Lipinski definition) is 0. The van der Waals surface area contributed by atoms with Crippen LogP contribution in [0.5, 0.6) is 0 Å². The Labute approximate surface area is 246 Å². The molecule has 7 heteroatoms. The number of hydrogen-bond acceptors (Lipinski definition) is 4. The minimum absolute atomic E-state index is 0.0594. The number of carbonyl (C=O) groups excluding carboxylic acids is 1. The summed E-state index contributed by atoms with van der Waals surface area (Å²) in [6.07, 6.45) is 5.24. The molecule has 3 aliphatic rings. The first kappa shape index (κ1) is 27.2. The van der Waals surface area contributed by atoms with Crippen molar-refractivity contribution < 1.29 is 4.79 Å². The van der Waals surface area contributed by atoms with Crippen LogP contribution in [0, 0.1) is 5.92 Å². The van der Waals surface area contributed by atoms with Crippen molar-refractivity contribution in [1.82, 2.24) is 14.8 Å². The van der Waals surface area contributed by atoms with Gasteiger partial charge in [-0.05, 0) is 71.9 Å². The van der Waals surface area contributed by atoms with E-state index >= 15 is 0 Å². The van der Waals surface area contributed by atoms with Gasteiger partial charge < -0.3 is 0 Å². The Balaban J connectivity index is 1.20. The zero-order chi connectivity index (χ0) is 27.5. The van der Waals surface area contributed by atoms with E-state index in [1.165, 1.54) is 11.1 Å². The molecular formula is C33H34Cl2N4O. The number of allylic oxidation sites excluding steroid dienone is 1. The molecule has 0 N–H and O–H groups in total. The Morgan fingerprint density at radius 2 is 1.50 bits per heavy atom. The van der Waals surface area contributed by atoms with Crippen molar-refractivity contribution in [3.63, 3.8) is 0 Å². The molecule has 0 unspecified atom stereocenters. The standard InChI is InChI=1S/C33H34Cl2N4O/c34-28-13-9-24(10-14-28)21-27-7-4-8-30-32(27)36-39(33(30)26-11-15-29(35)16-12-26)31(40)23-38-19-17-37(18-20-38)22-25-5-2-1-3-6-25/h1-3,5-6,9-16,21,30,33H,4,7-8,17-20,22-23H2/b27-21-/t30-,33-/m1/s1. The van der Waals surface area contributed by atoms with E-state index in [0.717, 1.165) is 73.8 Å². The zero-order valence-corrected chi connectivity index (χ0v) is 24.1. The van der Waals surface area contributed by atoms with E-state index in [9.17, 15) is 4.79 Å². The summed E-state index contributed by atoms with van der Waals surface area (Å²) in [5, 5.41) is 8.26. The fourth-order valence-corrected chi connectivity index (χ4v) is 6.42. The maximum Gasteiger partial charge on any atom is 0.257 e. The van der Waals surface area contributed by atoms with Crippen molar-refractivity contribution in [3.8, 4) is 0 Å². The van der Waals surface area contributed by atoms with Crippen LogP contribution >= 0.6 is 23.2 Å². The summed E-state index contributed by atoms with van der Waals surface area (Å²) in [7, 11) is 0. The number of rotatable bonds is 6. The summed E-state index contributed by atoms with van der Waals surface area (Å²) in [5.41, 5.74) is 5.77. The van der Waals surface area contributed by atoms with Crippen LogP contribution in [0.25, 0.3) is 6.08 Å². The second kappa shape index (κ2) is 12.3. The second-order valence-corrected chi connectivity index (χ2v) is 11.9. The van der Waals surface area contributed by atoms with E-state index in [4.69, 9.17) is 28.3 Å². The predicted molar refractivity (Wildman–Crippen MR) is 163 cm³/mol. The molecule has 0 spiro atoms. The monoisotopic (exact) mass is 572 g/mol. The Hall–Kier alpha value is -2.96. The minimum atomic E-state index is -0.118. The summed E-state index contributed by atoms with van der Waals surface area (Å²) in [5.74, 6) is 0.226. The first-order valence-electron chi connectivity index (χ1n) is 14.1. The zero-order valence-electron chi connectivity index (χ0n) is 22.6. The number of fused-ring (bicyclic) bond motifs is 1. The highest BCUT2D eigenvalue weighted by molar-refractivity contribution is 6.30. The molecule has 1 saturated carbocycles. The van der Waals surface area contributed by atoms with Crippen LogP contribution in [-0.2, 0) is 11.3 Å². The molecule has 40 heavy (non-hydrogen) atoms. The van der Waals surface area contributed by atoms with Gasteiger partial charge in [0.05, 0.1) is 18.3 Å². The summed E-state index contributed by atoms with van der Waals surface area (Å²) >= 11 is 12.3. The molecule has 3 aromatic carbocycles. The van der Waals surface area contributed by atoms with Gasteiger partial charge in [0.1, 0.15) is 0 Å². The Bertz CT molecular complexity index is 1380. The third-order valence-corrected chi connectivity index (χ3v) is 8.76. The molecule has 6 rings (SSSR count). The van der Waals surface area contributed by atoms with Gasteiger partial charge in [0.15, 0.2) is 0 Å². The molecule has 206 valence electrons. The fraction of sp³-hybridized carbons (Fsp3) is 0.333. The van der Waals surface area contributed by atoms with Crippen molar-refractivity contribution >= 4 is 40.9 Å². The quantitative estimate of drug-likeness (QED) is 0.321. The minimum Gasteiger partial charge on any atom is -0.297 e. The van der Waals surface area contributed by atoms with E-state index in [1.54, 1.807) is 5.01 Å². The maximum absolute atomic E-state index is 13.9. The van der Waals surface area contributed by atoms with Crippen LogP contribution in [0.3, 0.4) is 0 Å². The predicted octanol–water partition coefficient (Wildman–Crippen LogP) is 6.93. The molecule has 0 radical (unpaired) electrons. The lowest BCUT2D eigenvalue weighted by molar-refractivity contribution is -0.135. The maximum atomic E-state index is 13.9. The van der Waals surface area contributed by atoms with Crippen LogP contribution in [-0.4, -0.2) is 59.2 Å². The van der Waals surface area contributed by atoms with Gasteiger partial charge in [-0.15, -0.1) is 0 Å². The smallest absolute Gasteiger partial charge is 0.257 e. The van der Waals surface area contributed by atoms with E-state index < -0.39 is 0 Å². The van der Waals surface area contributed by atoms with Gasteiger partial charge in [-0.1, -0.05) is 77.8 Å². The number of halogens is 2. The summed E-state index contributed by atoms with van der Waals surface area (Å²) in [6.45, 7) is 4.98. The molecular weight excluding hydrogens is 539 g/mol. The number of hydrazone groups is 1. The van der Waals surface area contributed by atoms with Crippen molar-refractivity contribution in [2.45, 2.75) is 31.8 Å². The van der Waals surface area contributed by atoms with Gasteiger partial charge in [0.25, 0.3) is 5.91 Å². The van der Waals surface area contributed by atoms with Crippen LogP contribution in [0.15, 0.2) is 89.5 Å². The molecule has 3 aromatic rings. The fourth-order valence-electron chi connectivity index (χ4n) is 6.17. The van der Waals surface area contributed by atoms with Gasteiger partial charge in [-0.25, -0.2) is 5.01 Å². The van der Waals surface area contributed by atoms with E-state index in [0.29, 0.717) is 11.6 Å². The average molecular weight is 574 g/mol. The normalized spacial score (nSPS) is 22.8. The Morgan fingerprint density at radius 1 is 0.850 bits per heavy atom. The van der Waals surface area contributed by atoms with E-state index in [1.807, 2.05) is 48.5 Å². The third kappa shape index (κ3) is 6.18. The summed E-state index contributed by atoms with van der Waals surface area (Å²) in [6, 6.07) is 26.3. The first-order chi connectivity index (χ1) is 19.5. The first-order valence-corrected chi connectivity index (χ1v) is 14.9. The second-order valence-electron chi connectivity index (χ2n) is 11.0. The average Bonchev–Trinajstić information content (AvgIpc) is 3.37. The summed E-state index contributed by atoms with van der Waals surface area (Å²) < 4.78 is 0. The van der Waals surface area contributed by atoms with Crippen molar-refractivity contribution in [2.75, 3.05) is 32.7 Å². The topological polar surface area (TPSA) is 39.2 Å². The number of benzene rings is 3. The molecule has 2 fully saturated rings. The highest BCUT2D eigenvalue weighted by atomic mass is 35.5. The molecule has 2 atom stereocenters. The lowest BCUT2D eigenvalue weighted by Gasteiger charge is -2.35. The lowest BCUT2D eigenvalue weighted by atomic mass is 9.77. The molecule has 1 amide bonds.